The summed E-state index contributed by atoms with van der Waals surface area (Å²) in [4.78, 5) is 30.0. The fourth-order valence-electron chi connectivity index (χ4n) is 3.28. The maximum atomic E-state index is 12.9. The van der Waals surface area contributed by atoms with E-state index in [1.54, 1.807) is 4.90 Å². The summed E-state index contributed by atoms with van der Waals surface area (Å²) >= 11 is 1.83. The number of carbonyl (C=O) groups is 2. The summed E-state index contributed by atoms with van der Waals surface area (Å²) in [6.07, 6.45) is 1.64. The first-order chi connectivity index (χ1) is 11.6. The molecular formula is C18H24N2O3S. The zero-order valence-electron chi connectivity index (χ0n) is 14.3. The van der Waals surface area contributed by atoms with Gasteiger partial charge >= 0.3 is 5.97 Å². The Morgan fingerprint density at radius 3 is 2.96 bits per heavy atom. The van der Waals surface area contributed by atoms with Gasteiger partial charge in [0, 0.05) is 42.9 Å². The number of likely N-dealkylation sites (tertiary alicyclic amines) is 1. The predicted octanol–water partition coefficient (Wildman–Crippen LogP) is 2.64. The molecule has 2 heterocycles. The van der Waals surface area contributed by atoms with E-state index >= 15 is 0 Å². The molecule has 0 bridgehead atoms. The average Bonchev–Trinajstić information content (AvgIpc) is 2.61. The molecule has 5 nitrogen and oxygen atoms in total. The lowest BCUT2D eigenvalue weighted by Gasteiger charge is -2.32. The van der Waals surface area contributed by atoms with Crippen LogP contribution in [0.1, 0.15) is 30.1 Å². The van der Waals surface area contributed by atoms with E-state index in [1.165, 1.54) is 4.90 Å². The molecule has 0 spiro atoms. The first kappa shape index (κ1) is 17.1. The van der Waals surface area contributed by atoms with Crippen molar-refractivity contribution in [1.82, 2.24) is 4.90 Å². The highest BCUT2D eigenvalue weighted by Crippen LogP contribution is 2.35. The zero-order chi connectivity index (χ0) is 17.1. The van der Waals surface area contributed by atoms with Crippen molar-refractivity contribution in [1.29, 1.82) is 0 Å². The summed E-state index contributed by atoms with van der Waals surface area (Å²) in [5.41, 5.74) is 1.82. The van der Waals surface area contributed by atoms with E-state index in [0.29, 0.717) is 25.3 Å². The van der Waals surface area contributed by atoms with Crippen LogP contribution < -0.4 is 4.90 Å². The molecule has 0 radical (unpaired) electrons. The summed E-state index contributed by atoms with van der Waals surface area (Å²) in [7, 11) is 2.06. The minimum atomic E-state index is -0.196. The lowest BCUT2D eigenvalue weighted by Crippen LogP contribution is -2.42. The van der Waals surface area contributed by atoms with Crippen LogP contribution in [0.15, 0.2) is 23.1 Å². The molecule has 0 N–H and O–H groups in total. The van der Waals surface area contributed by atoms with Gasteiger partial charge in [0.05, 0.1) is 18.2 Å². The number of amides is 1. The van der Waals surface area contributed by atoms with E-state index in [2.05, 4.69) is 11.9 Å². The lowest BCUT2D eigenvalue weighted by molar-refractivity contribution is -0.149. The van der Waals surface area contributed by atoms with Gasteiger partial charge in [0.15, 0.2) is 0 Å². The van der Waals surface area contributed by atoms with Gasteiger partial charge in [0.2, 0.25) is 0 Å². The molecule has 0 saturated carbocycles. The number of ether oxygens (including phenoxy) is 1. The van der Waals surface area contributed by atoms with Gasteiger partial charge in [-0.25, -0.2) is 0 Å². The van der Waals surface area contributed by atoms with Crippen molar-refractivity contribution in [2.24, 2.45) is 5.92 Å². The number of nitrogens with zero attached hydrogens (tertiary/aromatic N) is 2. The largest absolute Gasteiger partial charge is 0.466 e. The van der Waals surface area contributed by atoms with Gasteiger partial charge in [-0.15, -0.1) is 11.8 Å². The second-order valence-electron chi connectivity index (χ2n) is 6.29. The summed E-state index contributed by atoms with van der Waals surface area (Å²) in [6.45, 7) is 4.35. The van der Waals surface area contributed by atoms with Crippen molar-refractivity contribution in [2.45, 2.75) is 24.7 Å². The number of hydrogen-bond acceptors (Lipinski definition) is 5. The van der Waals surface area contributed by atoms with E-state index in [4.69, 9.17) is 4.74 Å². The quantitative estimate of drug-likeness (QED) is 0.786. The smallest absolute Gasteiger partial charge is 0.310 e. The van der Waals surface area contributed by atoms with E-state index in [1.807, 2.05) is 36.9 Å². The van der Waals surface area contributed by atoms with Crippen LogP contribution in [0.3, 0.4) is 0 Å². The van der Waals surface area contributed by atoms with Gasteiger partial charge < -0.3 is 14.5 Å². The molecule has 1 unspecified atom stereocenters. The second kappa shape index (κ2) is 7.47. The number of benzene rings is 1. The van der Waals surface area contributed by atoms with Gasteiger partial charge in [0.25, 0.3) is 5.91 Å². The Bertz CT molecular complexity index is 635. The molecule has 1 amide bonds. The Balaban J connectivity index is 1.74. The van der Waals surface area contributed by atoms with Gasteiger partial charge in [0.1, 0.15) is 0 Å². The second-order valence-corrected chi connectivity index (χ2v) is 7.43. The Morgan fingerprint density at radius 2 is 2.17 bits per heavy atom. The van der Waals surface area contributed by atoms with Gasteiger partial charge in [-0.3, -0.25) is 9.59 Å². The van der Waals surface area contributed by atoms with Crippen LogP contribution in [0.5, 0.6) is 0 Å². The van der Waals surface area contributed by atoms with Crippen LogP contribution in [-0.4, -0.2) is 55.8 Å². The number of rotatable bonds is 3. The maximum absolute atomic E-state index is 12.9. The molecule has 1 atom stereocenters. The highest BCUT2D eigenvalue weighted by Gasteiger charge is 2.30. The number of esters is 1. The van der Waals surface area contributed by atoms with Gasteiger partial charge in [-0.1, -0.05) is 0 Å². The van der Waals surface area contributed by atoms with Crippen molar-refractivity contribution in [3.63, 3.8) is 0 Å². The van der Waals surface area contributed by atoms with Crippen LogP contribution in [0, 0.1) is 5.92 Å². The normalized spacial score (nSPS) is 20.5. The average molecular weight is 348 g/mol. The standard InChI is InChI=1S/C18H24N2O3S/c1-3-23-18(22)14-5-4-8-20(12-14)17(21)13-6-7-16-15(11-13)19(2)9-10-24-16/h6-7,11,14H,3-5,8-10,12H2,1-2H3. The van der Waals surface area contributed by atoms with Crippen molar-refractivity contribution < 1.29 is 14.3 Å². The molecule has 0 aromatic heterocycles. The van der Waals surface area contributed by atoms with Crippen molar-refractivity contribution >= 4 is 29.3 Å². The van der Waals surface area contributed by atoms with Crippen LogP contribution in [0.2, 0.25) is 0 Å². The molecule has 130 valence electrons. The lowest BCUT2D eigenvalue weighted by atomic mass is 9.97. The Kier molecular flexibility index (Phi) is 5.33. The number of anilines is 1. The predicted molar refractivity (Wildman–Crippen MR) is 95.7 cm³/mol. The molecule has 0 aliphatic carbocycles. The molecule has 1 fully saturated rings. The molecule has 2 aliphatic heterocycles. The Labute approximate surface area is 147 Å². The van der Waals surface area contributed by atoms with Crippen LogP contribution in [0.25, 0.3) is 0 Å². The number of fused-ring (bicyclic) bond motifs is 1. The number of hydrogen-bond donors (Lipinski definition) is 0. The highest BCUT2D eigenvalue weighted by molar-refractivity contribution is 7.99. The van der Waals surface area contributed by atoms with Gasteiger partial charge in [-0.2, -0.15) is 0 Å². The van der Waals surface area contributed by atoms with Gasteiger partial charge in [-0.05, 0) is 38.0 Å². The maximum Gasteiger partial charge on any atom is 0.310 e. The van der Waals surface area contributed by atoms with Crippen molar-refractivity contribution in [3.8, 4) is 0 Å². The van der Waals surface area contributed by atoms with E-state index in [9.17, 15) is 9.59 Å². The van der Waals surface area contributed by atoms with E-state index in [-0.39, 0.29) is 17.8 Å². The van der Waals surface area contributed by atoms with E-state index < -0.39 is 0 Å². The van der Waals surface area contributed by atoms with Crippen LogP contribution >= 0.6 is 11.8 Å². The third-order valence-electron chi connectivity index (χ3n) is 4.63. The fourth-order valence-corrected chi connectivity index (χ4v) is 4.39. The molecule has 1 saturated heterocycles. The Hall–Kier alpha value is -1.69. The summed E-state index contributed by atoms with van der Waals surface area (Å²) in [5, 5.41) is 0. The molecule has 1 aromatic carbocycles. The highest BCUT2D eigenvalue weighted by atomic mass is 32.2. The molecule has 2 aliphatic rings. The number of thioether (sulfide) groups is 1. The first-order valence-electron chi connectivity index (χ1n) is 8.54. The third-order valence-corrected chi connectivity index (χ3v) is 5.67. The van der Waals surface area contributed by atoms with Crippen LogP contribution in [-0.2, 0) is 9.53 Å². The monoisotopic (exact) mass is 348 g/mol. The minimum absolute atomic E-state index is 0.00997. The minimum Gasteiger partial charge on any atom is -0.466 e. The molecule has 6 heteroatoms. The Morgan fingerprint density at radius 1 is 1.33 bits per heavy atom. The SMILES string of the molecule is CCOC(=O)C1CCCN(C(=O)c2ccc3c(c2)N(C)CCS3)C1. The van der Waals surface area contributed by atoms with Crippen LogP contribution in [0.4, 0.5) is 5.69 Å². The summed E-state index contributed by atoms with van der Waals surface area (Å²) in [5.74, 6) is 0.704. The van der Waals surface area contributed by atoms with Crippen molar-refractivity contribution in [3.05, 3.63) is 23.8 Å². The number of carbonyl (C=O) groups excluding carboxylic acids is 2. The summed E-state index contributed by atoms with van der Waals surface area (Å²) < 4.78 is 5.12. The first-order valence-corrected chi connectivity index (χ1v) is 9.52. The van der Waals surface area contributed by atoms with E-state index in [0.717, 1.165) is 30.8 Å². The molecule has 1 aromatic rings. The fraction of sp³-hybridized carbons (Fsp3) is 0.556. The molecule has 24 heavy (non-hydrogen) atoms. The number of piperidine rings is 1. The summed E-state index contributed by atoms with van der Waals surface area (Å²) in [6, 6.07) is 5.93. The molecular weight excluding hydrogens is 324 g/mol. The zero-order valence-corrected chi connectivity index (χ0v) is 15.1. The third kappa shape index (κ3) is 3.53. The molecule has 3 rings (SSSR count). The topological polar surface area (TPSA) is 49.9 Å². The van der Waals surface area contributed by atoms with Crippen molar-refractivity contribution in [2.75, 3.05) is 43.9 Å².